The van der Waals surface area contributed by atoms with Crippen molar-refractivity contribution in [3.63, 3.8) is 0 Å². The number of rotatable bonds is 10. The van der Waals surface area contributed by atoms with Gasteiger partial charge in [0.2, 0.25) is 0 Å². The second kappa shape index (κ2) is 20.6. The largest absolute Gasteiger partial charge is 0.208 e. The summed E-state index contributed by atoms with van der Waals surface area (Å²) in [6, 6.07) is 95.4. The molecule has 4 heterocycles. The summed E-state index contributed by atoms with van der Waals surface area (Å²) in [4.78, 5) is 30.5. The molecule has 15 aromatic rings. The smallest absolute Gasteiger partial charge is 0.164 e. The Labute approximate surface area is 505 Å². The van der Waals surface area contributed by atoms with E-state index in [0.29, 0.717) is 34.9 Å². The third-order valence-corrected chi connectivity index (χ3v) is 19.1. The van der Waals surface area contributed by atoms with Crippen LogP contribution >= 0.6 is 22.7 Å². The Morgan fingerprint density at radius 2 is 0.477 bits per heavy atom. The molecule has 0 saturated carbocycles. The van der Waals surface area contributed by atoms with Gasteiger partial charge in [-0.05, 0) is 102 Å². The Bertz CT molecular complexity index is 4770. The first kappa shape index (κ1) is 49.9. The van der Waals surface area contributed by atoms with Crippen LogP contribution < -0.4 is 0 Å². The SMILES string of the molecule is c1ccc(-c2nc(-c3ccc(-c4ccc5c(c4)C4c6ccccc6C5c5cc(-c6ccc(-c7nc(-c8ccccc8)nc(-c8ccc(-c9csc%10ccccc9%10)cc8)n7)cc6)ccc54)cc3)nc(-c3ccc(-c4csc5ccccc45)cc3)n2)cc1. The molecule has 0 amide bonds. The summed E-state index contributed by atoms with van der Waals surface area (Å²) in [5.74, 6) is 4.05. The predicted molar refractivity (Wildman–Crippen MR) is 353 cm³/mol. The molecule has 0 fully saturated rings. The van der Waals surface area contributed by atoms with Crippen LogP contribution in [-0.4, -0.2) is 29.9 Å². The zero-order valence-electron chi connectivity index (χ0n) is 46.2. The highest BCUT2D eigenvalue weighted by molar-refractivity contribution is 7.18. The highest BCUT2D eigenvalue weighted by Crippen LogP contribution is 2.57. The lowest BCUT2D eigenvalue weighted by atomic mass is 9.60. The number of thiophene rings is 2. The van der Waals surface area contributed by atoms with E-state index in [2.05, 4.69) is 241 Å². The lowest BCUT2D eigenvalue weighted by Crippen LogP contribution is -2.27. The average molecular weight is 1130 g/mol. The molecule has 0 N–H and O–H groups in total. The van der Waals surface area contributed by atoms with Crippen molar-refractivity contribution in [3.8, 4) is 113 Å². The first-order chi connectivity index (χ1) is 42.6. The molecule has 8 heteroatoms. The standard InChI is InChI=1S/C78H48N6S2/c1-3-13-51(14-4-1)73-79-75(83-77(81-73)55-35-27-49(28-36-55)67-45-85-69-21-11-9-17-59(67)69)53-31-23-47(24-32-53)57-39-41-63-65(43-57)71-61-19-7-8-20-62(61)72(63)66-44-58(40-42-64(66)71)48-25-33-54(34-26-48)76-80-74(52-15-5-2-6-16-52)82-78(84-76)56-37-29-50(30-38-56)68-46-86-70-22-12-10-18-60(68)70/h1-46,71-72H. The van der Waals surface area contributed by atoms with Gasteiger partial charge in [-0.25, -0.2) is 29.9 Å². The van der Waals surface area contributed by atoms with E-state index in [-0.39, 0.29) is 11.8 Å². The van der Waals surface area contributed by atoms with Crippen LogP contribution in [0.5, 0.6) is 0 Å². The molecule has 0 aliphatic heterocycles. The molecule has 4 aromatic heterocycles. The third kappa shape index (κ3) is 8.68. The van der Waals surface area contributed by atoms with E-state index in [1.807, 2.05) is 36.4 Å². The molecule has 0 spiro atoms. The molecule has 3 aliphatic carbocycles. The predicted octanol–water partition coefficient (Wildman–Crippen LogP) is 20.1. The molecule has 0 radical (unpaired) electrons. The number of fused-ring (bicyclic) bond motifs is 2. The van der Waals surface area contributed by atoms with Crippen LogP contribution in [0.15, 0.2) is 278 Å². The zero-order chi connectivity index (χ0) is 56.7. The molecule has 2 unspecified atom stereocenters. The van der Waals surface area contributed by atoms with Gasteiger partial charge in [-0.3, -0.25) is 0 Å². The monoisotopic (exact) mass is 1130 g/mol. The quantitative estimate of drug-likeness (QED) is 0.136. The van der Waals surface area contributed by atoms with Crippen molar-refractivity contribution < 1.29 is 0 Å². The van der Waals surface area contributed by atoms with Crippen LogP contribution in [0.25, 0.3) is 133 Å². The third-order valence-electron chi connectivity index (χ3n) is 17.2. The van der Waals surface area contributed by atoms with Crippen molar-refractivity contribution in [1.29, 1.82) is 0 Å². The Hall–Kier alpha value is -10.6. The van der Waals surface area contributed by atoms with E-state index in [9.17, 15) is 0 Å². The van der Waals surface area contributed by atoms with E-state index < -0.39 is 0 Å². The van der Waals surface area contributed by atoms with Gasteiger partial charge in [-0.2, -0.15) is 0 Å². The summed E-state index contributed by atoms with van der Waals surface area (Å²) in [5, 5.41) is 7.02. The summed E-state index contributed by atoms with van der Waals surface area (Å²) >= 11 is 3.55. The van der Waals surface area contributed by atoms with Gasteiger partial charge in [0.25, 0.3) is 0 Å². The van der Waals surface area contributed by atoms with E-state index in [1.54, 1.807) is 22.7 Å². The summed E-state index contributed by atoms with van der Waals surface area (Å²) in [6.45, 7) is 0. The zero-order valence-corrected chi connectivity index (χ0v) is 47.8. The first-order valence-corrected chi connectivity index (χ1v) is 30.7. The van der Waals surface area contributed by atoms with Gasteiger partial charge in [0.05, 0.1) is 0 Å². The van der Waals surface area contributed by atoms with Crippen molar-refractivity contribution in [2.45, 2.75) is 11.8 Å². The fraction of sp³-hybridized carbons (Fsp3) is 0.0256. The second-order valence-corrected chi connectivity index (χ2v) is 23.9. The minimum absolute atomic E-state index is 0.110. The van der Waals surface area contributed by atoms with Crippen LogP contribution in [0.2, 0.25) is 0 Å². The molecule has 18 rings (SSSR count). The fourth-order valence-corrected chi connectivity index (χ4v) is 14.8. The maximum atomic E-state index is 5.12. The molecule has 2 atom stereocenters. The minimum atomic E-state index is 0.110. The van der Waals surface area contributed by atoms with Crippen molar-refractivity contribution in [1.82, 2.24) is 29.9 Å². The Kier molecular flexibility index (Phi) is 12.0. The highest BCUT2D eigenvalue weighted by atomic mass is 32.1. The van der Waals surface area contributed by atoms with Crippen LogP contribution in [0.1, 0.15) is 45.2 Å². The van der Waals surface area contributed by atoms with Crippen molar-refractivity contribution in [3.05, 3.63) is 311 Å². The lowest BCUT2D eigenvalue weighted by Gasteiger charge is -2.42. The molecule has 86 heavy (non-hydrogen) atoms. The molecule has 11 aromatic carbocycles. The van der Waals surface area contributed by atoms with Gasteiger partial charge < -0.3 is 0 Å². The maximum Gasteiger partial charge on any atom is 0.164 e. The normalized spacial score (nSPS) is 13.8. The van der Waals surface area contributed by atoms with Crippen LogP contribution in [0.3, 0.4) is 0 Å². The molecule has 0 saturated heterocycles. The number of hydrogen-bond acceptors (Lipinski definition) is 8. The van der Waals surface area contributed by atoms with Crippen LogP contribution in [-0.2, 0) is 0 Å². The number of hydrogen-bond donors (Lipinski definition) is 0. The van der Waals surface area contributed by atoms with Crippen molar-refractivity contribution in [2.75, 3.05) is 0 Å². The lowest BCUT2D eigenvalue weighted by molar-refractivity contribution is 0.755. The Balaban J connectivity index is 0.664. The molecular formula is C78H48N6S2. The van der Waals surface area contributed by atoms with Gasteiger partial charge in [-0.15, -0.1) is 22.7 Å². The summed E-state index contributed by atoms with van der Waals surface area (Å²) in [7, 11) is 0. The Morgan fingerprint density at radius 3 is 0.837 bits per heavy atom. The van der Waals surface area contributed by atoms with Gasteiger partial charge in [-0.1, -0.05) is 243 Å². The van der Waals surface area contributed by atoms with Gasteiger partial charge in [0, 0.05) is 76.5 Å². The van der Waals surface area contributed by atoms with E-state index in [0.717, 1.165) is 44.5 Å². The van der Waals surface area contributed by atoms with Crippen LogP contribution in [0, 0.1) is 0 Å². The van der Waals surface area contributed by atoms with Crippen LogP contribution in [0.4, 0.5) is 0 Å². The molecule has 2 bridgehead atoms. The van der Waals surface area contributed by atoms with E-state index in [1.165, 1.54) is 86.9 Å². The van der Waals surface area contributed by atoms with Gasteiger partial charge in [0.15, 0.2) is 34.9 Å². The van der Waals surface area contributed by atoms with Crippen molar-refractivity contribution >= 4 is 42.8 Å². The first-order valence-electron chi connectivity index (χ1n) is 28.9. The topological polar surface area (TPSA) is 77.3 Å². The molecule has 3 aliphatic rings. The summed E-state index contributed by atoms with van der Waals surface area (Å²) in [5.41, 5.74) is 23.3. The summed E-state index contributed by atoms with van der Waals surface area (Å²) < 4.78 is 2.57. The average Bonchev–Trinajstić information content (AvgIpc) is 0.885. The number of aromatic nitrogens is 6. The maximum absolute atomic E-state index is 5.12. The second-order valence-electron chi connectivity index (χ2n) is 22.1. The van der Waals surface area contributed by atoms with E-state index >= 15 is 0 Å². The van der Waals surface area contributed by atoms with Gasteiger partial charge >= 0.3 is 0 Å². The molecule has 402 valence electrons. The fourth-order valence-electron chi connectivity index (χ4n) is 12.9. The molecule has 6 nitrogen and oxygen atoms in total. The minimum Gasteiger partial charge on any atom is -0.208 e. The number of nitrogens with zero attached hydrogens (tertiary/aromatic N) is 6. The van der Waals surface area contributed by atoms with Crippen molar-refractivity contribution in [2.24, 2.45) is 0 Å². The van der Waals surface area contributed by atoms with E-state index in [4.69, 9.17) is 29.9 Å². The van der Waals surface area contributed by atoms with Gasteiger partial charge in [0.1, 0.15) is 0 Å². The molecular weight excluding hydrogens is 1090 g/mol. The Morgan fingerprint density at radius 1 is 0.209 bits per heavy atom. The number of benzene rings is 11. The highest BCUT2D eigenvalue weighted by Gasteiger charge is 2.41. The summed E-state index contributed by atoms with van der Waals surface area (Å²) in [6.07, 6.45) is 0.